The Morgan fingerprint density at radius 3 is 1.35 bits per heavy atom. The van der Waals surface area contributed by atoms with Gasteiger partial charge in [0.15, 0.2) is 0 Å². The highest BCUT2D eigenvalue weighted by Crippen LogP contribution is 2.50. The minimum atomic E-state index is -0.465. The van der Waals surface area contributed by atoms with Gasteiger partial charge in [-0.2, -0.15) is 0 Å². The van der Waals surface area contributed by atoms with Crippen LogP contribution in [0.4, 0.5) is 0 Å². The number of ether oxygens (including phenoxy) is 2. The minimum absolute atomic E-state index is 0.0288. The lowest BCUT2D eigenvalue weighted by Crippen LogP contribution is -2.62. The van der Waals surface area contributed by atoms with Crippen LogP contribution in [0.3, 0.4) is 0 Å². The zero-order valence-electron chi connectivity index (χ0n) is 40.1. The first-order valence-electron chi connectivity index (χ1n) is 25.0. The van der Waals surface area contributed by atoms with Gasteiger partial charge >= 0.3 is 0 Å². The molecular weight excluding hydrogens is 802 g/mol. The van der Waals surface area contributed by atoms with Gasteiger partial charge in [0.1, 0.15) is 23.0 Å². The maximum Gasteiger partial charge on any atom is 0.256 e. The lowest BCUT2D eigenvalue weighted by Gasteiger charge is -2.38. The van der Waals surface area contributed by atoms with E-state index >= 15 is 0 Å². The first-order valence-corrected chi connectivity index (χ1v) is 22.5. The molecule has 0 fully saturated rings. The molecule has 12 aromatic rings. The Bertz CT molecular complexity index is 4160. The summed E-state index contributed by atoms with van der Waals surface area (Å²) in [6.07, 6.45) is 0. The number of rotatable bonds is 3. The van der Waals surface area contributed by atoms with E-state index in [1.54, 1.807) is 0 Å². The predicted octanol–water partition coefficient (Wildman–Crippen LogP) is 10.8. The van der Waals surface area contributed by atoms with Gasteiger partial charge in [-0.15, -0.1) is 0 Å². The monoisotopic (exact) mass is 841 g/mol. The van der Waals surface area contributed by atoms with Crippen LogP contribution in [0.5, 0.6) is 23.0 Å². The highest BCUT2D eigenvalue weighted by atomic mass is 16.5. The maximum absolute atomic E-state index is 9.68. The number of benzene rings is 10. The predicted molar refractivity (Wildman–Crippen MR) is 274 cm³/mol. The standard InChI is InChI=1S/C60H34B2N2O2/c1-4-18-35(19-5-1)40-32-50-55-57-53(40)38-24-10-14-28-46(38)63(57)48-30-16-12-26-42(48)61(55)44-34-45-60(52(59(44)65-50)37-22-8-3-9-23-37)66-51-33-41(36-20-6-2-7-21-36)54-39-25-11-15-29-47(39)64-49-31-17-13-27-43(49)62(45)56(51)58(54)64/h1-34H/i3D,8D,9D,22D,23D. The largest absolute Gasteiger partial charge is 0.458 e. The first kappa shape index (κ1) is 30.6. The van der Waals surface area contributed by atoms with Gasteiger partial charge in [0, 0.05) is 32.9 Å². The highest BCUT2D eigenvalue weighted by Gasteiger charge is 2.47. The lowest BCUT2D eigenvalue weighted by molar-refractivity contribution is 0.469. The average Bonchev–Trinajstić information content (AvgIpc) is 3.96. The van der Waals surface area contributed by atoms with E-state index in [0.717, 1.165) is 110 Å². The smallest absolute Gasteiger partial charge is 0.256 e. The molecular formula is C60H34B2N2O2. The average molecular weight is 842 g/mol. The number of hydrogen-bond donors (Lipinski definition) is 0. The quantitative estimate of drug-likeness (QED) is 0.166. The molecule has 66 heavy (non-hydrogen) atoms. The molecule has 0 saturated carbocycles. The van der Waals surface area contributed by atoms with E-state index in [4.69, 9.17) is 13.6 Å². The fourth-order valence-electron chi connectivity index (χ4n) is 12.2. The van der Waals surface area contributed by atoms with Crippen molar-refractivity contribution in [3.8, 4) is 67.8 Å². The summed E-state index contributed by atoms with van der Waals surface area (Å²) in [6.45, 7) is -0.759. The van der Waals surface area contributed by atoms with E-state index in [1.165, 1.54) is 0 Å². The Balaban J connectivity index is 1.09. The SMILES string of the molecule is [2H]c1c([2H])c([2H])c(-c2c3c(cc4c2Oc2cc(-c5ccccc5)c5c6ccccc6n6c5c2B4c2ccccc2-6)B2c4ccccc4-n4c5ccccc5c5c(-c6ccccc6)cc(c2c54)O3)c([2H])c1[2H]. The third kappa shape index (κ3) is 4.32. The third-order valence-electron chi connectivity index (χ3n) is 14.7. The van der Waals surface area contributed by atoms with Crippen molar-refractivity contribution < 1.29 is 16.3 Å². The molecule has 6 heteroatoms. The minimum Gasteiger partial charge on any atom is -0.458 e. The fraction of sp³-hybridized carbons (Fsp3) is 0. The van der Waals surface area contributed by atoms with Gasteiger partial charge in [-0.3, -0.25) is 0 Å². The van der Waals surface area contributed by atoms with Crippen LogP contribution in [0, 0.1) is 0 Å². The highest BCUT2D eigenvalue weighted by molar-refractivity contribution is 7.02. The summed E-state index contributed by atoms with van der Waals surface area (Å²) in [7, 11) is 0. The summed E-state index contributed by atoms with van der Waals surface area (Å²) in [6, 6.07) is 59.7. The van der Waals surface area contributed by atoms with Crippen LogP contribution in [0.25, 0.3) is 88.4 Å². The van der Waals surface area contributed by atoms with Crippen molar-refractivity contribution in [2.45, 2.75) is 0 Å². The molecule has 0 N–H and O–H groups in total. The van der Waals surface area contributed by atoms with Crippen LogP contribution in [-0.4, -0.2) is 22.6 Å². The fourth-order valence-corrected chi connectivity index (χ4v) is 12.2. The molecule has 0 unspecified atom stereocenters. The summed E-state index contributed by atoms with van der Waals surface area (Å²) < 4.78 is 66.1. The summed E-state index contributed by atoms with van der Waals surface area (Å²) in [5, 5.41) is 4.52. The summed E-state index contributed by atoms with van der Waals surface area (Å²) in [4.78, 5) is 0. The second-order valence-electron chi connectivity index (χ2n) is 17.8. The molecule has 302 valence electrons. The van der Waals surface area contributed by atoms with E-state index in [1.807, 2.05) is 12.1 Å². The molecule has 0 amide bonds. The van der Waals surface area contributed by atoms with E-state index in [2.05, 4.69) is 173 Å². The molecule has 0 spiro atoms. The Labute approximate surface area is 387 Å². The number of fused-ring (bicyclic) bond motifs is 16. The molecule has 4 nitrogen and oxygen atoms in total. The van der Waals surface area contributed by atoms with Crippen LogP contribution < -0.4 is 42.3 Å². The molecule has 0 aliphatic carbocycles. The van der Waals surface area contributed by atoms with Gasteiger partial charge < -0.3 is 18.6 Å². The molecule has 4 aliphatic rings. The Kier molecular flexibility index (Phi) is 5.85. The van der Waals surface area contributed by atoms with Crippen LogP contribution in [-0.2, 0) is 0 Å². The van der Waals surface area contributed by atoms with Crippen molar-refractivity contribution in [3.63, 3.8) is 0 Å². The molecule has 0 saturated heterocycles. The van der Waals surface area contributed by atoms with Crippen LogP contribution >= 0.6 is 0 Å². The number of hydrogen-bond acceptors (Lipinski definition) is 2. The molecule has 0 atom stereocenters. The molecule has 0 bridgehead atoms. The second-order valence-corrected chi connectivity index (χ2v) is 17.8. The zero-order valence-corrected chi connectivity index (χ0v) is 35.1. The molecule has 10 aromatic carbocycles. The maximum atomic E-state index is 9.68. The van der Waals surface area contributed by atoms with Crippen LogP contribution in [0.2, 0.25) is 0 Å². The number of nitrogens with zero attached hydrogens (tertiary/aromatic N) is 2. The van der Waals surface area contributed by atoms with Gasteiger partial charge in [0.25, 0.3) is 13.4 Å². The molecule has 0 radical (unpaired) electrons. The lowest BCUT2D eigenvalue weighted by atomic mass is 9.31. The van der Waals surface area contributed by atoms with E-state index in [0.29, 0.717) is 28.6 Å². The summed E-state index contributed by atoms with van der Waals surface area (Å²) in [5.74, 6) is 2.09. The Morgan fingerprint density at radius 2 is 0.848 bits per heavy atom. The zero-order chi connectivity index (χ0) is 47.1. The van der Waals surface area contributed by atoms with Crippen molar-refractivity contribution in [3.05, 3.63) is 206 Å². The molecule has 6 heterocycles. The van der Waals surface area contributed by atoms with E-state index < -0.39 is 18.1 Å². The van der Waals surface area contributed by atoms with Crippen molar-refractivity contribution >= 4 is 89.8 Å². The first-order chi connectivity index (χ1) is 34.9. The van der Waals surface area contributed by atoms with Gasteiger partial charge in [0.05, 0.1) is 34.5 Å². The molecule has 16 rings (SSSR count). The van der Waals surface area contributed by atoms with Crippen LogP contribution in [0.15, 0.2) is 206 Å². The van der Waals surface area contributed by atoms with Gasteiger partial charge in [-0.1, -0.05) is 170 Å². The van der Waals surface area contributed by atoms with Gasteiger partial charge in [-0.05, 0) is 97.0 Å². The van der Waals surface area contributed by atoms with Crippen molar-refractivity contribution in [2.24, 2.45) is 0 Å². The van der Waals surface area contributed by atoms with Crippen molar-refractivity contribution in [2.75, 3.05) is 0 Å². The normalized spacial score (nSPS) is 14.4. The molecule has 4 aliphatic heterocycles. The number of aromatic nitrogens is 2. The topological polar surface area (TPSA) is 28.3 Å². The summed E-state index contributed by atoms with van der Waals surface area (Å²) in [5.41, 5.74) is 16.7. The van der Waals surface area contributed by atoms with Crippen molar-refractivity contribution in [1.82, 2.24) is 9.13 Å². The van der Waals surface area contributed by atoms with E-state index in [9.17, 15) is 2.74 Å². The van der Waals surface area contributed by atoms with Crippen LogP contribution in [0.1, 0.15) is 6.85 Å². The number of para-hydroxylation sites is 4. The summed E-state index contributed by atoms with van der Waals surface area (Å²) >= 11 is 0. The van der Waals surface area contributed by atoms with Crippen molar-refractivity contribution in [1.29, 1.82) is 0 Å². The van der Waals surface area contributed by atoms with Gasteiger partial charge in [-0.25, -0.2) is 0 Å². The van der Waals surface area contributed by atoms with E-state index in [-0.39, 0.29) is 31.1 Å². The molecule has 2 aromatic heterocycles. The van der Waals surface area contributed by atoms with Gasteiger partial charge in [0.2, 0.25) is 0 Å². The Morgan fingerprint density at radius 1 is 0.409 bits per heavy atom. The third-order valence-corrected chi connectivity index (χ3v) is 14.7. The Hall–Kier alpha value is -8.47. The second kappa shape index (κ2) is 12.6.